The van der Waals surface area contributed by atoms with E-state index in [9.17, 15) is 4.79 Å². The molecule has 0 bridgehead atoms. The highest BCUT2D eigenvalue weighted by atomic mass is 35.5. The van der Waals surface area contributed by atoms with E-state index in [1.165, 1.54) is 0 Å². The number of rotatable bonds is 5. The molecule has 0 saturated carbocycles. The number of methoxy groups -OCH3 is 1. The van der Waals surface area contributed by atoms with E-state index in [-0.39, 0.29) is 11.6 Å². The first-order valence-electron chi connectivity index (χ1n) is 5.04. The third-order valence-electron chi connectivity index (χ3n) is 2.29. The molecule has 0 aromatic carbocycles. The molecule has 1 heterocycles. The first-order chi connectivity index (χ1) is 7.57. The molecule has 1 amide bonds. The van der Waals surface area contributed by atoms with Crippen molar-refractivity contribution in [1.29, 1.82) is 0 Å². The smallest absolute Gasteiger partial charge is 0.273 e. The van der Waals surface area contributed by atoms with Crippen molar-refractivity contribution in [3.05, 3.63) is 16.4 Å². The predicted octanol–water partition coefficient (Wildman–Crippen LogP) is 1.15. The summed E-state index contributed by atoms with van der Waals surface area (Å²) in [4.78, 5) is 11.7. The molecule has 0 aliphatic heterocycles. The third-order valence-corrected chi connectivity index (χ3v) is 2.74. The van der Waals surface area contributed by atoms with E-state index >= 15 is 0 Å². The van der Waals surface area contributed by atoms with Crippen LogP contribution in [0, 0.1) is 6.92 Å². The number of aromatic nitrogens is 2. The number of nitrogens with zero attached hydrogens (tertiary/aromatic N) is 2. The zero-order chi connectivity index (χ0) is 12.1. The average molecular weight is 246 g/mol. The molecule has 0 saturated heterocycles. The van der Waals surface area contributed by atoms with Gasteiger partial charge in [0.05, 0.1) is 10.7 Å². The highest BCUT2D eigenvalue weighted by molar-refractivity contribution is 6.34. The molecule has 1 N–H and O–H groups in total. The topological polar surface area (TPSA) is 56.1 Å². The summed E-state index contributed by atoms with van der Waals surface area (Å²) in [6, 6.07) is 0. The lowest BCUT2D eigenvalue weighted by atomic mass is 10.3. The van der Waals surface area contributed by atoms with Gasteiger partial charge in [-0.15, -0.1) is 0 Å². The molecule has 0 aliphatic rings. The van der Waals surface area contributed by atoms with Crippen LogP contribution >= 0.6 is 11.6 Å². The number of carbonyl (C=O) groups excluding carboxylic acids is 1. The van der Waals surface area contributed by atoms with E-state index < -0.39 is 0 Å². The molecule has 1 rings (SSSR count). The van der Waals surface area contributed by atoms with Crippen LogP contribution < -0.4 is 5.32 Å². The third kappa shape index (κ3) is 2.96. The first-order valence-corrected chi connectivity index (χ1v) is 5.42. The van der Waals surface area contributed by atoms with Gasteiger partial charge in [0.2, 0.25) is 0 Å². The molecule has 5 nitrogen and oxygen atoms in total. The number of hydrogen-bond acceptors (Lipinski definition) is 3. The molecule has 0 spiro atoms. The van der Waals surface area contributed by atoms with E-state index in [0.29, 0.717) is 18.2 Å². The van der Waals surface area contributed by atoms with Crippen molar-refractivity contribution in [3.8, 4) is 0 Å². The molecule has 0 aliphatic carbocycles. The Bertz CT molecular complexity index is 376. The summed E-state index contributed by atoms with van der Waals surface area (Å²) in [5.74, 6) is -0.246. The quantitative estimate of drug-likeness (QED) is 0.792. The summed E-state index contributed by atoms with van der Waals surface area (Å²) < 4.78 is 6.47. The molecule has 0 radical (unpaired) electrons. The summed E-state index contributed by atoms with van der Waals surface area (Å²) >= 11 is 5.98. The summed E-state index contributed by atoms with van der Waals surface area (Å²) in [5.41, 5.74) is 1.06. The predicted molar refractivity (Wildman–Crippen MR) is 61.8 cm³/mol. The summed E-state index contributed by atoms with van der Waals surface area (Å²) in [6.45, 7) is 2.99. The van der Waals surface area contributed by atoms with Crippen molar-refractivity contribution in [2.75, 3.05) is 20.3 Å². The van der Waals surface area contributed by atoms with Gasteiger partial charge in [0.1, 0.15) is 0 Å². The molecule has 6 heteroatoms. The Morgan fingerprint density at radius 2 is 2.31 bits per heavy atom. The number of halogens is 1. The molecule has 16 heavy (non-hydrogen) atoms. The maximum atomic E-state index is 11.7. The van der Waals surface area contributed by atoms with E-state index in [4.69, 9.17) is 16.3 Å². The van der Waals surface area contributed by atoms with E-state index in [2.05, 4.69) is 10.4 Å². The van der Waals surface area contributed by atoms with Crippen LogP contribution in [0.5, 0.6) is 0 Å². The minimum atomic E-state index is -0.246. The van der Waals surface area contributed by atoms with Crippen LogP contribution in [-0.4, -0.2) is 35.9 Å². The van der Waals surface area contributed by atoms with Gasteiger partial charge in [-0.2, -0.15) is 5.10 Å². The molecular weight excluding hydrogens is 230 g/mol. The van der Waals surface area contributed by atoms with Crippen LogP contribution in [0.25, 0.3) is 0 Å². The maximum absolute atomic E-state index is 11.7. The fraction of sp³-hybridized carbons (Fsp3) is 0.600. The van der Waals surface area contributed by atoms with Crippen LogP contribution in [0.2, 0.25) is 5.02 Å². The average Bonchev–Trinajstić information content (AvgIpc) is 2.52. The van der Waals surface area contributed by atoms with Gasteiger partial charge in [-0.1, -0.05) is 11.6 Å². The number of nitrogens with one attached hydrogen (secondary N) is 1. The van der Waals surface area contributed by atoms with Crippen LogP contribution in [0.1, 0.15) is 22.6 Å². The maximum Gasteiger partial charge on any atom is 0.273 e. The van der Waals surface area contributed by atoms with E-state index in [1.54, 1.807) is 18.8 Å². The van der Waals surface area contributed by atoms with Crippen LogP contribution in [-0.2, 0) is 11.8 Å². The number of hydrogen-bond donors (Lipinski definition) is 1. The molecule has 1 aromatic heterocycles. The monoisotopic (exact) mass is 245 g/mol. The molecule has 0 atom stereocenters. The van der Waals surface area contributed by atoms with E-state index in [1.807, 2.05) is 6.92 Å². The molecule has 1 aromatic rings. The number of amides is 1. The van der Waals surface area contributed by atoms with Crippen molar-refractivity contribution in [3.63, 3.8) is 0 Å². The van der Waals surface area contributed by atoms with Gasteiger partial charge < -0.3 is 10.1 Å². The Hall–Kier alpha value is -1.07. The summed E-state index contributed by atoms with van der Waals surface area (Å²) in [5, 5.41) is 7.19. The second kappa shape index (κ2) is 5.86. The Kier molecular flexibility index (Phi) is 4.76. The van der Waals surface area contributed by atoms with Crippen molar-refractivity contribution in [2.45, 2.75) is 13.3 Å². The molecule has 90 valence electrons. The lowest BCUT2D eigenvalue weighted by Crippen LogP contribution is -2.26. The van der Waals surface area contributed by atoms with Crippen LogP contribution in [0.3, 0.4) is 0 Å². The number of aryl methyl sites for hydroxylation is 1. The Balaban J connectivity index is 2.56. The zero-order valence-corrected chi connectivity index (χ0v) is 10.5. The highest BCUT2D eigenvalue weighted by Crippen LogP contribution is 2.18. The first kappa shape index (κ1) is 13.0. The largest absolute Gasteiger partial charge is 0.385 e. The zero-order valence-electron chi connectivity index (χ0n) is 9.71. The van der Waals surface area contributed by atoms with E-state index in [0.717, 1.165) is 12.1 Å². The second-order valence-electron chi connectivity index (χ2n) is 3.47. The Morgan fingerprint density at radius 3 is 2.81 bits per heavy atom. The fourth-order valence-corrected chi connectivity index (χ4v) is 1.48. The lowest BCUT2D eigenvalue weighted by molar-refractivity contribution is 0.0943. The normalized spacial score (nSPS) is 10.5. The van der Waals surface area contributed by atoms with Gasteiger partial charge in [-0.3, -0.25) is 9.48 Å². The molecular formula is C10H16ClN3O2. The van der Waals surface area contributed by atoms with Gasteiger partial charge in [-0.05, 0) is 13.3 Å². The summed E-state index contributed by atoms with van der Waals surface area (Å²) in [7, 11) is 3.38. The second-order valence-corrected chi connectivity index (χ2v) is 3.85. The SMILES string of the molecule is COCCCNC(=O)c1nn(C)c(C)c1Cl. The van der Waals surface area contributed by atoms with Crippen LogP contribution in [0.4, 0.5) is 0 Å². The molecule has 0 fully saturated rings. The number of carbonyl (C=O) groups is 1. The van der Waals surface area contributed by atoms with Crippen molar-refractivity contribution < 1.29 is 9.53 Å². The minimum Gasteiger partial charge on any atom is -0.385 e. The lowest BCUT2D eigenvalue weighted by Gasteiger charge is -2.02. The summed E-state index contributed by atoms with van der Waals surface area (Å²) in [6.07, 6.45) is 0.770. The van der Waals surface area contributed by atoms with Gasteiger partial charge >= 0.3 is 0 Å². The van der Waals surface area contributed by atoms with Gasteiger partial charge in [0.15, 0.2) is 5.69 Å². The van der Waals surface area contributed by atoms with Crippen molar-refractivity contribution >= 4 is 17.5 Å². The van der Waals surface area contributed by atoms with Crippen molar-refractivity contribution in [1.82, 2.24) is 15.1 Å². The van der Waals surface area contributed by atoms with Gasteiger partial charge in [0, 0.05) is 27.3 Å². The fourth-order valence-electron chi connectivity index (χ4n) is 1.23. The Labute approximate surface area is 99.7 Å². The number of ether oxygens (including phenoxy) is 1. The highest BCUT2D eigenvalue weighted by Gasteiger charge is 2.17. The minimum absolute atomic E-state index is 0.246. The Morgan fingerprint density at radius 1 is 1.62 bits per heavy atom. The van der Waals surface area contributed by atoms with Gasteiger partial charge in [-0.25, -0.2) is 0 Å². The molecule has 0 unspecified atom stereocenters. The standard InChI is InChI=1S/C10H16ClN3O2/c1-7-8(11)9(13-14(7)2)10(15)12-5-4-6-16-3/h4-6H2,1-3H3,(H,12,15). The van der Waals surface area contributed by atoms with Crippen molar-refractivity contribution in [2.24, 2.45) is 7.05 Å². The van der Waals surface area contributed by atoms with Gasteiger partial charge in [0.25, 0.3) is 5.91 Å². The van der Waals surface area contributed by atoms with Crippen LogP contribution in [0.15, 0.2) is 0 Å².